The van der Waals surface area contributed by atoms with E-state index in [0.717, 1.165) is 60.4 Å². The van der Waals surface area contributed by atoms with Gasteiger partial charge in [0.05, 0.1) is 18.9 Å². The highest BCUT2D eigenvalue weighted by Crippen LogP contribution is 2.32. The molecule has 218 valence electrons. The Bertz CT molecular complexity index is 1090. The molecule has 0 amide bonds. The van der Waals surface area contributed by atoms with Gasteiger partial charge in [0.15, 0.2) is 0 Å². The highest BCUT2D eigenvalue weighted by Gasteiger charge is 2.28. The van der Waals surface area contributed by atoms with Gasteiger partial charge >= 0.3 is 6.11 Å². The Morgan fingerprint density at radius 2 is 1.43 bits per heavy atom. The maximum Gasteiger partial charge on any atom is 0.356 e. The Kier molecular flexibility index (Phi) is 14.0. The van der Waals surface area contributed by atoms with Crippen molar-refractivity contribution >= 4 is 5.69 Å². The third-order valence-corrected chi connectivity index (χ3v) is 7.07. The van der Waals surface area contributed by atoms with Gasteiger partial charge < -0.3 is 14.8 Å². The van der Waals surface area contributed by atoms with Crippen LogP contribution < -0.4 is 10.1 Å². The molecule has 0 fully saturated rings. The van der Waals surface area contributed by atoms with Crippen molar-refractivity contribution < 1.29 is 18.3 Å². The second-order valence-corrected chi connectivity index (χ2v) is 10.6. The second-order valence-electron chi connectivity index (χ2n) is 10.6. The largest absolute Gasteiger partial charge is 0.491 e. The maximum absolute atomic E-state index is 13.7. The minimum atomic E-state index is -3.08. The molecule has 0 aliphatic carbocycles. The van der Waals surface area contributed by atoms with Crippen LogP contribution in [0.1, 0.15) is 89.2 Å². The first-order valence-corrected chi connectivity index (χ1v) is 15.2. The quantitative estimate of drug-likeness (QED) is 0.142. The summed E-state index contributed by atoms with van der Waals surface area (Å²) in [5.41, 5.74) is 5.17. The number of hydrogen-bond donors (Lipinski definition) is 1. The first-order valence-electron chi connectivity index (χ1n) is 15.2. The predicted molar refractivity (Wildman–Crippen MR) is 163 cm³/mol. The molecule has 0 aliphatic heterocycles. The predicted octanol–water partition coefficient (Wildman–Crippen LogP) is 10.4. The fourth-order valence-corrected chi connectivity index (χ4v) is 4.70. The Balaban J connectivity index is 1.59. The minimum absolute atomic E-state index is 0.104. The highest BCUT2D eigenvalue weighted by molar-refractivity contribution is 5.71. The number of hydrogen-bond acceptors (Lipinski definition) is 3. The molecule has 0 bridgehead atoms. The van der Waals surface area contributed by atoms with Gasteiger partial charge in [0, 0.05) is 13.0 Å². The van der Waals surface area contributed by atoms with Crippen molar-refractivity contribution in [2.45, 2.75) is 97.2 Å². The van der Waals surface area contributed by atoms with Crippen LogP contribution in [0.15, 0.2) is 72.8 Å². The van der Waals surface area contributed by atoms with Crippen molar-refractivity contribution in [3.05, 3.63) is 83.9 Å². The molecule has 1 N–H and O–H groups in total. The third-order valence-electron chi connectivity index (χ3n) is 7.07. The average Bonchev–Trinajstić information content (AvgIpc) is 2.97. The first-order chi connectivity index (χ1) is 19.5. The summed E-state index contributed by atoms with van der Waals surface area (Å²) in [6.07, 6.45) is 7.65. The van der Waals surface area contributed by atoms with Crippen LogP contribution in [0.25, 0.3) is 11.1 Å². The summed E-state index contributed by atoms with van der Waals surface area (Å²) in [4.78, 5) is 0. The molecule has 0 radical (unpaired) electrons. The molecular weight excluding hydrogens is 504 g/mol. The van der Waals surface area contributed by atoms with Crippen LogP contribution in [-0.4, -0.2) is 19.3 Å². The van der Waals surface area contributed by atoms with Crippen LogP contribution in [0.2, 0.25) is 0 Å². The molecule has 0 aliphatic rings. The van der Waals surface area contributed by atoms with Crippen molar-refractivity contribution in [2.75, 3.05) is 18.5 Å². The van der Waals surface area contributed by atoms with Crippen LogP contribution in [0.5, 0.6) is 5.75 Å². The molecule has 3 nitrogen and oxygen atoms in total. The summed E-state index contributed by atoms with van der Waals surface area (Å²) in [6, 6.07) is 24.5. The maximum atomic E-state index is 13.7. The fourth-order valence-electron chi connectivity index (χ4n) is 4.70. The molecular formula is C35H47F2NO2. The molecule has 3 aromatic rings. The van der Waals surface area contributed by atoms with Gasteiger partial charge in [-0.15, -0.1) is 0 Å². The monoisotopic (exact) mass is 551 g/mol. The van der Waals surface area contributed by atoms with E-state index >= 15 is 0 Å². The Labute approximate surface area is 240 Å². The lowest BCUT2D eigenvalue weighted by atomic mass is 10.0. The summed E-state index contributed by atoms with van der Waals surface area (Å²) < 4.78 is 38.5. The zero-order chi connectivity index (χ0) is 28.5. The topological polar surface area (TPSA) is 30.5 Å². The molecule has 3 rings (SSSR count). The average molecular weight is 552 g/mol. The van der Waals surface area contributed by atoms with Gasteiger partial charge in [-0.05, 0) is 66.5 Å². The number of ether oxygens (including phenoxy) is 2. The van der Waals surface area contributed by atoms with E-state index in [2.05, 4.69) is 60.8 Å². The molecule has 0 unspecified atom stereocenters. The zero-order valence-corrected chi connectivity index (χ0v) is 24.4. The molecule has 0 heterocycles. The van der Waals surface area contributed by atoms with Gasteiger partial charge in [-0.3, -0.25) is 0 Å². The standard InChI is InChI=1S/C35H47F2NO2/c1-3-5-6-7-8-14-26-39-34-27-32(31-20-18-30(19-21-31)28-40-35(36,37)24-4-2)22-23-33(34)38-25-13-12-17-29-15-10-9-11-16-29/h9-11,15-16,18-23,27,38H,3-8,12-14,17,24-26,28H2,1-2H3. The lowest BCUT2D eigenvalue weighted by Crippen LogP contribution is -2.20. The number of alkyl halides is 2. The lowest BCUT2D eigenvalue weighted by Gasteiger charge is -2.17. The third kappa shape index (κ3) is 11.7. The van der Waals surface area contributed by atoms with E-state index in [0.29, 0.717) is 13.0 Å². The molecule has 3 aromatic carbocycles. The lowest BCUT2D eigenvalue weighted by molar-refractivity contribution is -0.249. The van der Waals surface area contributed by atoms with Crippen molar-refractivity contribution in [1.29, 1.82) is 0 Å². The van der Waals surface area contributed by atoms with Crippen molar-refractivity contribution in [3.63, 3.8) is 0 Å². The molecule has 0 spiro atoms. The van der Waals surface area contributed by atoms with E-state index in [-0.39, 0.29) is 13.0 Å². The van der Waals surface area contributed by atoms with Gasteiger partial charge in [0.25, 0.3) is 0 Å². The summed E-state index contributed by atoms with van der Waals surface area (Å²) >= 11 is 0. The van der Waals surface area contributed by atoms with E-state index < -0.39 is 6.11 Å². The zero-order valence-electron chi connectivity index (χ0n) is 24.4. The molecule has 40 heavy (non-hydrogen) atoms. The van der Waals surface area contributed by atoms with Gasteiger partial charge in [0.1, 0.15) is 5.75 Å². The van der Waals surface area contributed by atoms with E-state index in [1.54, 1.807) is 6.92 Å². The summed E-state index contributed by atoms with van der Waals surface area (Å²) in [6.45, 7) is 5.44. The van der Waals surface area contributed by atoms with E-state index in [1.807, 2.05) is 24.3 Å². The van der Waals surface area contributed by atoms with E-state index in [9.17, 15) is 8.78 Å². The molecule has 5 heteroatoms. The van der Waals surface area contributed by atoms with Crippen molar-refractivity contribution in [2.24, 2.45) is 0 Å². The Morgan fingerprint density at radius 3 is 2.17 bits per heavy atom. The van der Waals surface area contributed by atoms with Crippen LogP contribution in [0.3, 0.4) is 0 Å². The smallest absolute Gasteiger partial charge is 0.356 e. The number of aryl methyl sites for hydroxylation is 1. The highest BCUT2D eigenvalue weighted by atomic mass is 19.3. The Morgan fingerprint density at radius 1 is 0.700 bits per heavy atom. The summed E-state index contributed by atoms with van der Waals surface area (Å²) in [5, 5.41) is 3.58. The van der Waals surface area contributed by atoms with Crippen LogP contribution in [0, 0.1) is 0 Å². The molecule has 0 aromatic heterocycles. The number of benzene rings is 3. The van der Waals surface area contributed by atoms with Gasteiger partial charge in [-0.2, -0.15) is 8.78 Å². The van der Waals surface area contributed by atoms with Gasteiger partial charge in [-0.25, -0.2) is 0 Å². The van der Waals surface area contributed by atoms with Crippen molar-refractivity contribution in [1.82, 2.24) is 0 Å². The van der Waals surface area contributed by atoms with Crippen LogP contribution in [-0.2, 0) is 17.8 Å². The van der Waals surface area contributed by atoms with Gasteiger partial charge in [0.2, 0.25) is 0 Å². The van der Waals surface area contributed by atoms with Crippen LogP contribution >= 0.6 is 0 Å². The Hall–Kier alpha value is -2.92. The fraction of sp³-hybridized carbons (Fsp3) is 0.486. The van der Waals surface area contributed by atoms with Crippen molar-refractivity contribution in [3.8, 4) is 16.9 Å². The normalized spacial score (nSPS) is 11.5. The van der Waals surface area contributed by atoms with Gasteiger partial charge in [-0.1, -0.05) is 107 Å². The SMILES string of the molecule is CCCCCCCCOc1cc(-c2ccc(COC(F)(F)CCC)cc2)ccc1NCCCCc1ccccc1. The summed E-state index contributed by atoms with van der Waals surface area (Å²) in [5.74, 6) is 0.862. The van der Waals surface area contributed by atoms with Crippen LogP contribution in [0.4, 0.5) is 14.5 Å². The molecule has 0 atom stereocenters. The number of anilines is 1. The number of halogens is 2. The minimum Gasteiger partial charge on any atom is -0.491 e. The first kappa shape index (κ1) is 31.6. The number of unbranched alkanes of at least 4 members (excludes halogenated alkanes) is 6. The molecule has 0 saturated carbocycles. The number of rotatable bonds is 20. The van der Waals surface area contributed by atoms with E-state index in [4.69, 9.17) is 9.47 Å². The molecule has 0 saturated heterocycles. The summed E-state index contributed by atoms with van der Waals surface area (Å²) in [7, 11) is 0. The second kappa shape index (κ2) is 17.7. The van der Waals surface area contributed by atoms with E-state index in [1.165, 1.54) is 37.7 Å². The number of nitrogens with one attached hydrogen (secondary N) is 1.